The van der Waals surface area contributed by atoms with Crippen LogP contribution in [0.3, 0.4) is 0 Å². The van der Waals surface area contributed by atoms with E-state index in [1.807, 2.05) is 24.3 Å². The fourth-order valence-corrected chi connectivity index (χ4v) is 2.98. The van der Waals surface area contributed by atoms with E-state index >= 15 is 0 Å². The Hall–Kier alpha value is -2.79. The zero-order valence-electron chi connectivity index (χ0n) is 14.5. The minimum Gasteiger partial charge on any atom is -0.486 e. The molecule has 0 fully saturated rings. The number of halogens is 1. The largest absolute Gasteiger partial charge is 0.486 e. The predicted molar refractivity (Wildman–Crippen MR) is 96.8 cm³/mol. The van der Waals surface area contributed by atoms with Gasteiger partial charge in [-0.25, -0.2) is 4.39 Å². The van der Waals surface area contributed by atoms with Crippen molar-refractivity contribution < 1.29 is 18.3 Å². The van der Waals surface area contributed by atoms with Gasteiger partial charge in [-0.15, -0.1) is 0 Å². The topological polar surface area (TPSA) is 43.6 Å². The van der Waals surface area contributed by atoms with Crippen LogP contribution in [0.4, 0.5) is 4.39 Å². The Bertz CT molecular complexity index is 906. The molecule has 134 valence electrons. The van der Waals surface area contributed by atoms with Gasteiger partial charge in [-0.3, -0.25) is 0 Å². The molecule has 0 aliphatic carbocycles. The van der Waals surface area contributed by atoms with E-state index in [1.165, 1.54) is 6.07 Å². The van der Waals surface area contributed by atoms with Gasteiger partial charge in [0.1, 0.15) is 30.6 Å². The van der Waals surface area contributed by atoms with Crippen LogP contribution >= 0.6 is 0 Å². The smallest absolute Gasteiger partial charge is 0.161 e. The number of nitrogens with one attached hydrogen (secondary N) is 1. The Morgan fingerprint density at radius 1 is 1.00 bits per heavy atom. The highest BCUT2D eigenvalue weighted by atomic mass is 19.1. The molecule has 4 rings (SSSR count). The van der Waals surface area contributed by atoms with Gasteiger partial charge in [0.15, 0.2) is 11.5 Å². The van der Waals surface area contributed by atoms with Crippen molar-refractivity contribution in [2.75, 3.05) is 13.2 Å². The minimum atomic E-state index is -0.286. The fourth-order valence-electron chi connectivity index (χ4n) is 2.98. The summed E-state index contributed by atoms with van der Waals surface area (Å²) in [5.74, 6) is 2.57. The number of fused-ring (bicyclic) bond motifs is 1. The zero-order chi connectivity index (χ0) is 17.9. The van der Waals surface area contributed by atoms with Gasteiger partial charge >= 0.3 is 0 Å². The summed E-state index contributed by atoms with van der Waals surface area (Å²) in [7, 11) is 0. The number of furan rings is 1. The molecule has 2 aromatic carbocycles. The molecule has 0 spiro atoms. The summed E-state index contributed by atoms with van der Waals surface area (Å²) in [5, 5.41) is 3.42. The van der Waals surface area contributed by atoms with Gasteiger partial charge in [0.25, 0.3) is 0 Å². The van der Waals surface area contributed by atoms with E-state index in [1.54, 1.807) is 24.3 Å². The molecule has 0 amide bonds. The Balaban J connectivity index is 1.42. The molecular weight excluding hydrogens is 333 g/mol. The number of hydrogen-bond donors (Lipinski definition) is 1. The van der Waals surface area contributed by atoms with Crippen molar-refractivity contribution in [3.63, 3.8) is 0 Å². The van der Waals surface area contributed by atoms with Crippen molar-refractivity contribution in [1.82, 2.24) is 5.32 Å². The van der Waals surface area contributed by atoms with Crippen LogP contribution in [-0.4, -0.2) is 13.2 Å². The minimum absolute atomic E-state index is 0.104. The molecule has 0 radical (unpaired) electrons. The monoisotopic (exact) mass is 353 g/mol. The summed E-state index contributed by atoms with van der Waals surface area (Å²) < 4.78 is 30.8. The molecular formula is C21H20FNO3. The third kappa shape index (κ3) is 3.44. The molecule has 0 saturated heterocycles. The SMILES string of the molecule is CC(NCc1ccc(-c2ccccc2F)o1)c1ccc2c(c1)OCCO2. The number of rotatable bonds is 5. The normalized spacial score (nSPS) is 14.2. The number of hydrogen-bond acceptors (Lipinski definition) is 4. The maximum Gasteiger partial charge on any atom is 0.161 e. The van der Waals surface area contributed by atoms with Crippen LogP contribution in [0.5, 0.6) is 11.5 Å². The third-order valence-corrected chi connectivity index (χ3v) is 4.45. The number of benzene rings is 2. The summed E-state index contributed by atoms with van der Waals surface area (Å²) in [4.78, 5) is 0. The second kappa shape index (κ2) is 7.22. The second-order valence-corrected chi connectivity index (χ2v) is 6.25. The van der Waals surface area contributed by atoms with E-state index in [0.717, 1.165) is 22.8 Å². The van der Waals surface area contributed by atoms with Gasteiger partial charge in [0, 0.05) is 6.04 Å². The highest BCUT2D eigenvalue weighted by Gasteiger charge is 2.15. The van der Waals surface area contributed by atoms with E-state index in [4.69, 9.17) is 13.9 Å². The molecule has 3 aromatic rings. The van der Waals surface area contributed by atoms with E-state index in [9.17, 15) is 4.39 Å². The second-order valence-electron chi connectivity index (χ2n) is 6.25. The highest BCUT2D eigenvalue weighted by molar-refractivity contribution is 5.58. The molecule has 1 unspecified atom stereocenters. The Morgan fingerprint density at radius 2 is 1.81 bits per heavy atom. The van der Waals surface area contributed by atoms with Gasteiger partial charge in [-0.1, -0.05) is 18.2 Å². The average Bonchev–Trinajstić information content (AvgIpc) is 3.15. The zero-order valence-corrected chi connectivity index (χ0v) is 14.5. The van der Waals surface area contributed by atoms with Gasteiger partial charge in [-0.2, -0.15) is 0 Å². The maximum absolute atomic E-state index is 13.9. The summed E-state index contributed by atoms with van der Waals surface area (Å²) in [6, 6.07) is 16.3. The third-order valence-electron chi connectivity index (χ3n) is 4.45. The average molecular weight is 353 g/mol. The molecule has 1 aliphatic heterocycles. The van der Waals surface area contributed by atoms with Crippen LogP contribution in [0.1, 0.15) is 24.3 Å². The van der Waals surface area contributed by atoms with Crippen LogP contribution in [0.25, 0.3) is 11.3 Å². The van der Waals surface area contributed by atoms with Crippen LogP contribution in [-0.2, 0) is 6.54 Å². The summed E-state index contributed by atoms with van der Waals surface area (Å²) in [6.07, 6.45) is 0. The van der Waals surface area contributed by atoms with Crippen molar-refractivity contribution in [2.45, 2.75) is 19.5 Å². The van der Waals surface area contributed by atoms with E-state index in [0.29, 0.717) is 31.1 Å². The first-order chi connectivity index (χ1) is 12.7. The Labute approximate surface area is 151 Å². The Morgan fingerprint density at radius 3 is 2.65 bits per heavy atom. The van der Waals surface area contributed by atoms with Crippen LogP contribution < -0.4 is 14.8 Å². The maximum atomic E-state index is 13.9. The molecule has 0 bridgehead atoms. The molecule has 4 nitrogen and oxygen atoms in total. The van der Waals surface area contributed by atoms with Crippen LogP contribution in [0, 0.1) is 5.82 Å². The molecule has 2 heterocycles. The highest BCUT2D eigenvalue weighted by Crippen LogP contribution is 2.32. The molecule has 1 atom stereocenters. The fraction of sp³-hybridized carbons (Fsp3) is 0.238. The van der Waals surface area contributed by atoms with Gasteiger partial charge < -0.3 is 19.2 Å². The lowest BCUT2D eigenvalue weighted by Gasteiger charge is -2.21. The number of ether oxygens (including phenoxy) is 2. The van der Waals surface area contributed by atoms with Crippen molar-refractivity contribution in [3.8, 4) is 22.8 Å². The molecule has 26 heavy (non-hydrogen) atoms. The predicted octanol–water partition coefficient (Wildman–Crippen LogP) is 4.71. The van der Waals surface area contributed by atoms with Crippen molar-refractivity contribution >= 4 is 0 Å². The van der Waals surface area contributed by atoms with Gasteiger partial charge in [0.05, 0.1) is 12.1 Å². The molecule has 5 heteroatoms. The quantitative estimate of drug-likeness (QED) is 0.722. The first-order valence-electron chi connectivity index (χ1n) is 8.67. The lowest BCUT2D eigenvalue weighted by atomic mass is 10.1. The molecule has 0 saturated carbocycles. The van der Waals surface area contributed by atoms with Crippen molar-refractivity contribution in [3.05, 3.63) is 71.7 Å². The first-order valence-corrected chi connectivity index (χ1v) is 8.67. The van der Waals surface area contributed by atoms with Crippen LogP contribution in [0.2, 0.25) is 0 Å². The van der Waals surface area contributed by atoms with E-state index in [2.05, 4.69) is 12.2 Å². The van der Waals surface area contributed by atoms with Crippen molar-refractivity contribution in [1.29, 1.82) is 0 Å². The summed E-state index contributed by atoms with van der Waals surface area (Å²) >= 11 is 0. The van der Waals surface area contributed by atoms with Crippen LogP contribution in [0.15, 0.2) is 59.0 Å². The first kappa shape index (κ1) is 16.7. The van der Waals surface area contributed by atoms with Gasteiger partial charge in [0.2, 0.25) is 0 Å². The Kier molecular flexibility index (Phi) is 4.63. The van der Waals surface area contributed by atoms with E-state index < -0.39 is 0 Å². The summed E-state index contributed by atoms with van der Waals surface area (Å²) in [6.45, 7) is 3.78. The molecule has 1 N–H and O–H groups in total. The molecule has 1 aliphatic rings. The van der Waals surface area contributed by atoms with Gasteiger partial charge in [-0.05, 0) is 48.9 Å². The summed E-state index contributed by atoms with van der Waals surface area (Å²) in [5.41, 5.74) is 1.58. The lowest BCUT2D eigenvalue weighted by Crippen LogP contribution is -2.19. The standard InChI is InChI=1S/C21H20FNO3/c1-14(15-6-8-20-21(12-15)25-11-10-24-20)23-13-16-7-9-19(26-16)17-4-2-3-5-18(17)22/h2-9,12,14,23H,10-11,13H2,1H3. The molecule has 1 aromatic heterocycles. The van der Waals surface area contributed by atoms with E-state index in [-0.39, 0.29) is 11.9 Å². The van der Waals surface area contributed by atoms with Crippen molar-refractivity contribution in [2.24, 2.45) is 0 Å². The lowest BCUT2D eigenvalue weighted by molar-refractivity contribution is 0.171.